The fraction of sp³-hybridized carbons (Fsp3) is 0.118. The quantitative estimate of drug-likeness (QED) is 0.462. The number of hydrogen-bond donors (Lipinski definition) is 0. The summed E-state index contributed by atoms with van der Waals surface area (Å²) in [5.74, 6) is -1.75. The molecular formula is C17H11BrO5. The van der Waals surface area contributed by atoms with Crippen LogP contribution in [0.5, 0.6) is 11.5 Å². The number of rotatable bonds is 3. The lowest BCUT2D eigenvalue weighted by Gasteiger charge is -2.05. The van der Waals surface area contributed by atoms with Crippen LogP contribution in [0.4, 0.5) is 0 Å². The van der Waals surface area contributed by atoms with Crippen LogP contribution in [0.3, 0.4) is 0 Å². The smallest absolute Gasteiger partial charge is 0.231 e. The highest BCUT2D eigenvalue weighted by Crippen LogP contribution is 2.32. The van der Waals surface area contributed by atoms with Crippen LogP contribution < -0.4 is 9.47 Å². The maximum absolute atomic E-state index is 12.3. The Morgan fingerprint density at radius 3 is 2.78 bits per heavy atom. The largest absolute Gasteiger partial charge is 0.454 e. The Balaban J connectivity index is 1.79. The summed E-state index contributed by atoms with van der Waals surface area (Å²) in [6.45, 7) is 0.173. The molecule has 23 heavy (non-hydrogen) atoms. The fourth-order valence-electron chi connectivity index (χ4n) is 2.19. The first kappa shape index (κ1) is 15.4. The van der Waals surface area contributed by atoms with E-state index in [9.17, 15) is 14.4 Å². The van der Waals surface area contributed by atoms with Crippen LogP contribution in [0.1, 0.15) is 5.56 Å². The van der Waals surface area contributed by atoms with E-state index in [1.807, 2.05) is 0 Å². The molecule has 1 heterocycles. The summed E-state index contributed by atoms with van der Waals surface area (Å²) in [5.41, 5.74) is 0.733. The normalized spacial score (nSPS) is 19.9. The number of allylic oxidation sites excluding steroid dienone is 5. The molecule has 0 saturated carbocycles. The van der Waals surface area contributed by atoms with Crippen molar-refractivity contribution in [3.8, 4) is 11.5 Å². The first-order chi connectivity index (χ1) is 11.0. The molecule has 0 N–H and O–H groups in total. The van der Waals surface area contributed by atoms with Gasteiger partial charge in [0.1, 0.15) is 5.92 Å². The number of fused-ring (bicyclic) bond motifs is 1. The zero-order chi connectivity index (χ0) is 16.4. The second-order valence-corrected chi connectivity index (χ2v) is 5.86. The summed E-state index contributed by atoms with van der Waals surface area (Å²) in [6, 6.07) is 5.25. The van der Waals surface area contributed by atoms with E-state index in [1.54, 1.807) is 24.3 Å². The molecule has 0 aromatic heterocycles. The molecule has 0 fully saturated rings. The van der Waals surface area contributed by atoms with Crippen molar-refractivity contribution in [2.24, 2.45) is 5.92 Å². The number of benzene rings is 1. The van der Waals surface area contributed by atoms with Crippen LogP contribution in [-0.4, -0.2) is 24.1 Å². The van der Waals surface area contributed by atoms with Gasteiger partial charge in [-0.2, -0.15) is 0 Å². The van der Waals surface area contributed by atoms with Crippen molar-refractivity contribution < 1.29 is 23.9 Å². The van der Waals surface area contributed by atoms with E-state index >= 15 is 0 Å². The summed E-state index contributed by atoms with van der Waals surface area (Å²) in [4.78, 5) is 35.8. The Kier molecular flexibility index (Phi) is 4.25. The van der Waals surface area contributed by atoms with Crippen molar-refractivity contribution >= 4 is 39.4 Å². The lowest BCUT2D eigenvalue weighted by atomic mass is 9.96. The highest BCUT2D eigenvalue weighted by Gasteiger charge is 2.28. The molecule has 6 heteroatoms. The van der Waals surface area contributed by atoms with Crippen molar-refractivity contribution in [1.29, 1.82) is 0 Å². The van der Waals surface area contributed by atoms with Crippen molar-refractivity contribution in [2.45, 2.75) is 0 Å². The van der Waals surface area contributed by atoms with E-state index in [0.29, 0.717) is 16.0 Å². The molecule has 1 aromatic rings. The lowest BCUT2D eigenvalue weighted by Crippen LogP contribution is -2.26. The van der Waals surface area contributed by atoms with Crippen molar-refractivity contribution in [3.63, 3.8) is 0 Å². The van der Waals surface area contributed by atoms with Crippen LogP contribution in [-0.2, 0) is 14.4 Å². The first-order valence-corrected chi connectivity index (χ1v) is 7.59. The Hall–Kier alpha value is -2.47. The summed E-state index contributed by atoms with van der Waals surface area (Å²) >= 11 is 3.19. The van der Waals surface area contributed by atoms with E-state index in [1.165, 1.54) is 18.2 Å². The molecule has 1 aliphatic carbocycles. The number of carbonyl (C=O) groups is 3. The predicted octanol–water partition coefficient (Wildman–Crippen LogP) is 2.60. The standard InChI is InChI=1S/C17H11BrO5/c18-11-3-5-14(20)17(21)12(8-11)13(19)4-1-10-2-6-15-16(7-10)23-9-22-15/h1-8,12H,9H2/b4-1+. The number of carbonyl (C=O) groups excluding carboxylic acids is 3. The van der Waals surface area contributed by atoms with Crippen LogP contribution in [0, 0.1) is 5.92 Å². The Morgan fingerprint density at radius 1 is 1.17 bits per heavy atom. The second kappa shape index (κ2) is 6.34. The topological polar surface area (TPSA) is 69.7 Å². The molecule has 0 saturated heterocycles. The molecule has 5 nitrogen and oxygen atoms in total. The molecule has 0 spiro atoms. The monoisotopic (exact) mass is 374 g/mol. The molecule has 3 rings (SSSR count). The molecule has 1 aliphatic heterocycles. The second-order valence-electron chi connectivity index (χ2n) is 4.94. The maximum atomic E-state index is 12.3. The summed E-state index contributed by atoms with van der Waals surface area (Å²) in [6.07, 6.45) is 6.89. The van der Waals surface area contributed by atoms with Crippen LogP contribution in [0.15, 0.2) is 47.0 Å². The van der Waals surface area contributed by atoms with Gasteiger partial charge in [-0.05, 0) is 35.9 Å². The summed E-state index contributed by atoms with van der Waals surface area (Å²) in [5, 5.41) is 0. The number of ether oxygens (including phenoxy) is 2. The number of hydrogen-bond acceptors (Lipinski definition) is 5. The van der Waals surface area contributed by atoms with Gasteiger partial charge in [-0.3, -0.25) is 14.4 Å². The van der Waals surface area contributed by atoms with E-state index < -0.39 is 23.3 Å². The summed E-state index contributed by atoms with van der Waals surface area (Å²) in [7, 11) is 0. The van der Waals surface area contributed by atoms with E-state index in [0.717, 1.165) is 11.6 Å². The highest BCUT2D eigenvalue weighted by atomic mass is 79.9. The summed E-state index contributed by atoms with van der Waals surface area (Å²) < 4.78 is 11.0. The molecular weight excluding hydrogens is 364 g/mol. The predicted molar refractivity (Wildman–Crippen MR) is 86.3 cm³/mol. The van der Waals surface area contributed by atoms with E-state index in [2.05, 4.69) is 15.9 Å². The van der Waals surface area contributed by atoms with Gasteiger partial charge in [0.05, 0.1) is 0 Å². The van der Waals surface area contributed by atoms with Gasteiger partial charge in [0.25, 0.3) is 0 Å². The van der Waals surface area contributed by atoms with Crippen LogP contribution >= 0.6 is 15.9 Å². The van der Waals surface area contributed by atoms with Gasteiger partial charge >= 0.3 is 0 Å². The minimum absolute atomic E-state index is 0.173. The van der Waals surface area contributed by atoms with E-state index in [-0.39, 0.29) is 6.79 Å². The third-order valence-electron chi connectivity index (χ3n) is 3.39. The average Bonchev–Trinajstić information content (AvgIpc) is 2.97. The Labute approximate surface area is 140 Å². The van der Waals surface area contributed by atoms with Crippen molar-refractivity contribution in [1.82, 2.24) is 0 Å². The maximum Gasteiger partial charge on any atom is 0.231 e. The molecule has 1 aromatic carbocycles. The van der Waals surface area contributed by atoms with E-state index in [4.69, 9.17) is 9.47 Å². The van der Waals surface area contributed by atoms with Gasteiger partial charge in [0, 0.05) is 4.48 Å². The van der Waals surface area contributed by atoms with Gasteiger partial charge in [-0.25, -0.2) is 0 Å². The first-order valence-electron chi connectivity index (χ1n) is 6.80. The van der Waals surface area contributed by atoms with Crippen molar-refractivity contribution in [3.05, 3.63) is 52.5 Å². The number of ketones is 3. The van der Waals surface area contributed by atoms with Gasteiger partial charge in [0.15, 0.2) is 17.3 Å². The average molecular weight is 375 g/mol. The third kappa shape index (κ3) is 3.32. The third-order valence-corrected chi connectivity index (χ3v) is 3.92. The fourth-order valence-corrected chi connectivity index (χ4v) is 2.59. The minimum atomic E-state index is -1.11. The molecule has 0 radical (unpaired) electrons. The van der Waals surface area contributed by atoms with Crippen molar-refractivity contribution in [2.75, 3.05) is 6.79 Å². The lowest BCUT2D eigenvalue weighted by molar-refractivity contribution is -0.138. The zero-order valence-electron chi connectivity index (χ0n) is 11.8. The SMILES string of the molecule is O=C1C=CC(Br)=CC(C(=O)/C=C/c2ccc3c(c2)OCO3)C1=O. The molecule has 116 valence electrons. The molecule has 1 unspecified atom stereocenters. The van der Waals surface area contributed by atoms with Gasteiger partial charge < -0.3 is 9.47 Å². The number of Topliss-reactive ketones (excluding diaryl/α,β-unsaturated/α-hetero) is 1. The Bertz CT molecular complexity index is 788. The van der Waals surface area contributed by atoms with Crippen LogP contribution in [0.2, 0.25) is 0 Å². The molecule has 1 atom stereocenters. The van der Waals surface area contributed by atoms with Gasteiger partial charge in [-0.1, -0.05) is 34.1 Å². The number of halogens is 1. The van der Waals surface area contributed by atoms with Gasteiger partial charge in [0.2, 0.25) is 18.4 Å². The van der Waals surface area contributed by atoms with Crippen LogP contribution in [0.25, 0.3) is 6.08 Å². The van der Waals surface area contributed by atoms with Gasteiger partial charge in [-0.15, -0.1) is 0 Å². The minimum Gasteiger partial charge on any atom is -0.454 e. The highest BCUT2D eigenvalue weighted by molar-refractivity contribution is 9.11. The molecule has 0 amide bonds. The molecule has 0 bridgehead atoms. The molecule has 2 aliphatic rings. The zero-order valence-corrected chi connectivity index (χ0v) is 13.4. The Morgan fingerprint density at radius 2 is 1.96 bits per heavy atom.